The number of ether oxygens (including phenoxy) is 2. The average molecular weight is 287 g/mol. The Balaban J connectivity index is 2.14. The van der Waals surface area contributed by atoms with Crippen LogP contribution in [-0.2, 0) is 0 Å². The molecule has 0 spiro atoms. The van der Waals surface area contributed by atoms with Gasteiger partial charge in [0.05, 0.1) is 14.2 Å². The van der Waals surface area contributed by atoms with Crippen molar-refractivity contribution in [2.24, 2.45) is 0 Å². The minimum absolute atomic E-state index is 0.264. The van der Waals surface area contributed by atoms with Gasteiger partial charge in [-0.05, 0) is 30.4 Å². The van der Waals surface area contributed by atoms with Gasteiger partial charge in [-0.2, -0.15) is 0 Å². The lowest BCUT2D eigenvalue weighted by Crippen LogP contribution is -1.96. The van der Waals surface area contributed by atoms with Crippen LogP contribution in [0.2, 0.25) is 0 Å². The van der Waals surface area contributed by atoms with Crippen molar-refractivity contribution in [3.63, 3.8) is 0 Å². The van der Waals surface area contributed by atoms with Gasteiger partial charge in [-0.15, -0.1) is 0 Å². The lowest BCUT2D eigenvalue weighted by Gasteiger charge is -2.02. The molecule has 21 heavy (non-hydrogen) atoms. The van der Waals surface area contributed by atoms with Gasteiger partial charge < -0.3 is 9.47 Å². The molecule has 0 bridgehead atoms. The van der Waals surface area contributed by atoms with E-state index in [1.807, 2.05) is 0 Å². The molecule has 0 saturated carbocycles. The molecule has 0 aliphatic heterocycles. The molecule has 5 heteroatoms. The van der Waals surface area contributed by atoms with Gasteiger partial charge in [0.15, 0.2) is 5.78 Å². The third-order valence-corrected chi connectivity index (χ3v) is 2.85. The number of hydrogen-bond acceptors (Lipinski definition) is 4. The maximum absolute atomic E-state index is 13.7. The van der Waals surface area contributed by atoms with Crippen molar-refractivity contribution >= 4 is 11.9 Å². The van der Waals surface area contributed by atoms with E-state index >= 15 is 0 Å². The summed E-state index contributed by atoms with van der Waals surface area (Å²) in [6.45, 7) is 0. The molecule has 0 saturated heterocycles. The third-order valence-electron chi connectivity index (χ3n) is 2.85. The minimum atomic E-state index is -0.453. The molecule has 1 heterocycles. The zero-order valence-electron chi connectivity index (χ0n) is 11.7. The second-order valence-electron chi connectivity index (χ2n) is 4.17. The van der Waals surface area contributed by atoms with Crippen LogP contribution in [0.4, 0.5) is 4.39 Å². The van der Waals surface area contributed by atoms with E-state index in [4.69, 9.17) is 9.47 Å². The number of allylic oxidation sites excluding steroid dienone is 1. The molecule has 0 unspecified atom stereocenters. The highest BCUT2D eigenvalue weighted by Crippen LogP contribution is 2.17. The second-order valence-corrected chi connectivity index (χ2v) is 4.17. The molecule has 0 atom stereocenters. The first-order valence-corrected chi connectivity index (χ1v) is 6.20. The SMILES string of the molecule is COc1ccc(C=CC(=O)c2ccc(OC)nc2)c(F)c1. The highest BCUT2D eigenvalue weighted by Gasteiger charge is 2.05. The molecule has 1 aromatic carbocycles. The summed E-state index contributed by atoms with van der Waals surface area (Å²) in [5, 5.41) is 0. The molecule has 0 N–H and O–H groups in total. The van der Waals surface area contributed by atoms with E-state index in [-0.39, 0.29) is 5.78 Å². The maximum Gasteiger partial charge on any atom is 0.212 e. The highest BCUT2D eigenvalue weighted by atomic mass is 19.1. The van der Waals surface area contributed by atoms with Gasteiger partial charge in [0, 0.05) is 29.5 Å². The smallest absolute Gasteiger partial charge is 0.212 e. The second kappa shape index (κ2) is 6.65. The summed E-state index contributed by atoms with van der Waals surface area (Å²) in [7, 11) is 2.96. The van der Waals surface area contributed by atoms with E-state index in [2.05, 4.69) is 4.98 Å². The lowest BCUT2D eigenvalue weighted by molar-refractivity contribution is 0.104. The Bertz CT molecular complexity index is 666. The van der Waals surface area contributed by atoms with Gasteiger partial charge in [0.2, 0.25) is 5.88 Å². The summed E-state index contributed by atoms with van der Waals surface area (Å²) in [6, 6.07) is 7.63. The number of rotatable bonds is 5. The van der Waals surface area contributed by atoms with Crippen LogP contribution in [0.5, 0.6) is 11.6 Å². The van der Waals surface area contributed by atoms with Crippen LogP contribution in [-0.4, -0.2) is 25.0 Å². The fourth-order valence-corrected chi connectivity index (χ4v) is 1.68. The zero-order valence-corrected chi connectivity index (χ0v) is 11.7. The Kier molecular flexibility index (Phi) is 4.66. The Labute approximate surface area is 121 Å². The van der Waals surface area contributed by atoms with Crippen molar-refractivity contribution < 1.29 is 18.7 Å². The molecule has 0 aliphatic rings. The number of halogens is 1. The molecule has 4 nitrogen and oxygen atoms in total. The number of nitrogens with zero attached hydrogens (tertiary/aromatic N) is 1. The van der Waals surface area contributed by atoms with E-state index in [1.165, 1.54) is 38.6 Å². The fraction of sp³-hybridized carbons (Fsp3) is 0.125. The largest absolute Gasteiger partial charge is 0.497 e. The first-order chi connectivity index (χ1) is 10.1. The quantitative estimate of drug-likeness (QED) is 0.626. The standard InChI is InChI=1S/C16H14FNO3/c1-20-13-6-3-11(14(17)9-13)4-7-15(19)12-5-8-16(21-2)18-10-12/h3-10H,1-2H3. The topological polar surface area (TPSA) is 48.4 Å². The summed E-state index contributed by atoms with van der Waals surface area (Å²) in [4.78, 5) is 15.9. The Morgan fingerprint density at radius 2 is 2.00 bits per heavy atom. The highest BCUT2D eigenvalue weighted by molar-refractivity contribution is 6.06. The monoisotopic (exact) mass is 287 g/mol. The van der Waals surface area contributed by atoms with Gasteiger partial charge >= 0.3 is 0 Å². The molecular formula is C16H14FNO3. The Morgan fingerprint density at radius 1 is 1.19 bits per heavy atom. The first kappa shape index (κ1) is 14.7. The van der Waals surface area contributed by atoms with Crippen LogP contribution in [0.3, 0.4) is 0 Å². The predicted molar refractivity (Wildman–Crippen MR) is 77.1 cm³/mol. The Morgan fingerprint density at radius 3 is 2.57 bits per heavy atom. The summed E-state index contributed by atoms with van der Waals surface area (Å²) < 4.78 is 23.5. The molecule has 0 fully saturated rings. The molecule has 108 valence electrons. The van der Waals surface area contributed by atoms with Crippen LogP contribution < -0.4 is 9.47 Å². The van der Waals surface area contributed by atoms with E-state index in [0.29, 0.717) is 22.8 Å². The van der Waals surface area contributed by atoms with Crippen LogP contribution >= 0.6 is 0 Å². The zero-order chi connectivity index (χ0) is 15.2. The Hall–Kier alpha value is -2.69. The number of ketones is 1. The molecule has 0 radical (unpaired) electrons. The number of carbonyl (C=O) groups excluding carboxylic acids is 1. The molecule has 0 amide bonds. The summed E-state index contributed by atoms with van der Waals surface area (Å²) in [6.07, 6.45) is 4.13. The number of aromatic nitrogens is 1. The van der Waals surface area contributed by atoms with Crippen LogP contribution in [0, 0.1) is 5.82 Å². The number of carbonyl (C=O) groups is 1. The lowest BCUT2D eigenvalue weighted by atomic mass is 10.1. The summed E-state index contributed by atoms with van der Waals surface area (Å²) in [5.41, 5.74) is 0.714. The van der Waals surface area contributed by atoms with Crippen molar-refractivity contribution in [1.29, 1.82) is 0 Å². The van der Waals surface area contributed by atoms with E-state index in [0.717, 1.165) is 0 Å². The maximum atomic E-state index is 13.7. The molecule has 1 aromatic heterocycles. The first-order valence-electron chi connectivity index (χ1n) is 6.20. The molecule has 2 rings (SSSR count). The number of benzene rings is 1. The van der Waals surface area contributed by atoms with Gasteiger partial charge in [0.1, 0.15) is 11.6 Å². The fourth-order valence-electron chi connectivity index (χ4n) is 1.68. The van der Waals surface area contributed by atoms with Crippen LogP contribution in [0.15, 0.2) is 42.6 Å². The normalized spacial score (nSPS) is 10.6. The molecular weight excluding hydrogens is 273 g/mol. The van der Waals surface area contributed by atoms with Crippen LogP contribution in [0.25, 0.3) is 6.08 Å². The molecule has 2 aromatic rings. The van der Waals surface area contributed by atoms with E-state index in [1.54, 1.807) is 24.3 Å². The summed E-state index contributed by atoms with van der Waals surface area (Å²) >= 11 is 0. The van der Waals surface area contributed by atoms with Gasteiger partial charge in [-0.1, -0.05) is 0 Å². The van der Waals surface area contributed by atoms with Crippen molar-refractivity contribution in [2.75, 3.05) is 14.2 Å². The predicted octanol–water partition coefficient (Wildman–Crippen LogP) is 3.13. The number of methoxy groups -OCH3 is 2. The average Bonchev–Trinajstić information content (AvgIpc) is 2.53. The number of pyridine rings is 1. The van der Waals surface area contributed by atoms with Crippen molar-refractivity contribution in [2.45, 2.75) is 0 Å². The van der Waals surface area contributed by atoms with Gasteiger partial charge in [-0.25, -0.2) is 9.37 Å². The molecule has 0 aliphatic carbocycles. The summed E-state index contributed by atoms with van der Waals surface area (Å²) in [5.74, 6) is 0.138. The van der Waals surface area contributed by atoms with Crippen molar-refractivity contribution in [3.8, 4) is 11.6 Å². The minimum Gasteiger partial charge on any atom is -0.497 e. The van der Waals surface area contributed by atoms with Crippen molar-refractivity contribution in [1.82, 2.24) is 4.98 Å². The third kappa shape index (κ3) is 3.66. The van der Waals surface area contributed by atoms with E-state index in [9.17, 15) is 9.18 Å². The number of hydrogen-bond donors (Lipinski definition) is 0. The van der Waals surface area contributed by atoms with E-state index < -0.39 is 5.82 Å². The van der Waals surface area contributed by atoms with Crippen LogP contribution in [0.1, 0.15) is 15.9 Å². The van der Waals surface area contributed by atoms with Crippen molar-refractivity contribution in [3.05, 3.63) is 59.5 Å². The van der Waals surface area contributed by atoms with Gasteiger partial charge in [-0.3, -0.25) is 4.79 Å². The van der Waals surface area contributed by atoms with Gasteiger partial charge in [0.25, 0.3) is 0 Å².